The summed E-state index contributed by atoms with van der Waals surface area (Å²) in [4.78, 5) is 2.46. The number of anilines is 3. The lowest BCUT2D eigenvalue weighted by Crippen LogP contribution is -2.15. The van der Waals surface area contributed by atoms with Gasteiger partial charge in [-0.25, -0.2) is 0 Å². The Morgan fingerprint density at radius 3 is 1.63 bits per heavy atom. The molecule has 2 nitrogen and oxygen atoms in total. The molecule has 0 saturated carbocycles. The van der Waals surface area contributed by atoms with Gasteiger partial charge in [0.05, 0.1) is 5.69 Å². The molecule has 9 aromatic carbocycles. The van der Waals surface area contributed by atoms with Gasteiger partial charge >= 0.3 is 0 Å². The highest BCUT2D eigenvalue weighted by atomic mass is 16.3. The Morgan fingerprint density at radius 2 is 0.855 bits per heavy atom. The summed E-state index contributed by atoms with van der Waals surface area (Å²) in [6.45, 7) is 9.41. The van der Waals surface area contributed by atoms with Crippen LogP contribution < -0.4 is 4.90 Å². The number of furan rings is 1. The first-order chi connectivity index (χ1) is 30.3. The summed E-state index contributed by atoms with van der Waals surface area (Å²) in [6.07, 6.45) is 0. The van der Waals surface area contributed by atoms with Crippen molar-refractivity contribution in [2.24, 2.45) is 0 Å². The zero-order chi connectivity index (χ0) is 41.7. The van der Waals surface area contributed by atoms with E-state index in [4.69, 9.17) is 4.42 Å². The second-order valence-electron chi connectivity index (χ2n) is 18.1. The molecular weight excluding hydrogens is 751 g/mol. The molecule has 0 unspecified atom stereocenters. The molecule has 0 fully saturated rings. The molecule has 0 saturated heterocycles. The van der Waals surface area contributed by atoms with Crippen molar-refractivity contribution < 1.29 is 4.42 Å². The fourth-order valence-corrected chi connectivity index (χ4v) is 10.8. The van der Waals surface area contributed by atoms with Crippen LogP contribution in [0.3, 0.4) is 0 Å². The number of rotatable bonds is 6. The maximum Gasteiger partial charge on any atom is 0.136 e. The van der Waals surface area contributed by atoms with Gasteiger partial charge in [0.1, 0.15) is 11.2 Å². The number of hydrogen-bond acceptors (Lipinski definition) is 2. The topological polar surface area (TPSA) is 16.4 Å². The van der Waals surface area contributed by atoms with E-state index in [0.717, 1.165) is 50.1 Å². The van der Waals surface area contributed by atoms with Crippen LogP contribution in [0.25, 0.3) is 77.6 Å². The molecule has 2 heteroatoms. The summed E-state index contributed by atoms with van der Waals surface area (Å²) in [5, 5.41) is 2.27. The van der Waals surface area contributed by atoms with Crippen molar-refractivity contribution in [3.8, 4) is 55.6 Å². The summed E-state index contributed by atoms with van der Waals surface area (Å²) >= 11 is 0. The Labute approximate surface area is 363 Å². The van der Waals surface area contributed by atoms with E-state index in [-0.39, 0.29) is 10.8 Å². The number of hydrogen-bond donors (Lipinski definition) is 0. The highest BCUT2D eigenvalue weighted by molar-refractivity contribution is 6.06. The minimum atomic E-state index is -0.105. The molecule has 1 heterocycles. The van der Waals surface area contributed by atoms with Crippen LogP contribution in [-0.4, -0.2) is 0 Å². The predicted molar refractivity (Wildman–Crippen MR) is 260 cm³/mol. The van der Waals surface area contributed by atoms with Crippen molar-refractivity contribution in [2.45, 2.75) is 38.5 Å². The van der Waals surface area contributed by atoms with Gasteiger partial charge in [-0.3, -0.25) is 0 Å². The minimum Gasteiger partial charge on any atom is -0.456 e. The molecular formula is C60H45NO. The van der Waals surface area contributed by atoms with E-state index in [2.05, 4.69) is 221 Å². The van der Waals surface area contributed by atoms with Gasteiger partial charge in [-0.05, 0) is 127 Å². The highest BCUT2D eigenvalue weighted by Crippen LogP contribution is 2.54. The Morgan fingerprint density at radius 1 is 0.339 bits per heavy atom. The molecule has 0 atom stereocenters. The minimum absolute atomic E-state index is 0.0416. The molecule has 2 aliphatic carbocycles. The van der Waals surface area contributed by atoms with E-state index >= 15 is 0 Å². The Bertz CT molecular complexity index is 3430. The molecule has 0 spiro atoms. The summed E-state index contributed by atoms with van der Waals surface area (Å²) in [6, 6.07) is 73.7. The maximum absolute atomic E-state index is 6.38. The number of benzene rings is 9. The number of nitrogens with zero attached hydrogens (tertiary/aromatic N) is 1. The van der Waals surface area contributed by atoms with Gasteiger partial charge in [0.2, 0.25) is 0 Å². The van der Waals surface area contributed by atoms with Crippen molar-refractivity contribution in [3.05, 3.63) is 222 Å². The van der Waals surface area contributed by atoms with Gasteiger partial charge in [0.25, 0.3) is 0 Å². The van der Waals surface area contributed by atoms with Crippen LogP contribution in [0.4, 0.5) is 17.1 Å². The molecule has 0 bridgehead atoms. The normalized spacial score (nSPS) is 14.1. The Hall–Kier alpha value is -7.42. The molecule has 12 rings (SSSR count). The van der Waals surface area contributed by atoms with Crippen LogP contribution >= 0.6 is 0 Å². The third-order valence-corrected chi connectivity index (χ3v) is 13.9. The van der Waals surface area contributed by atoms with Crippen molar-refractivity contribution in [3.63, 3.8) is 0 Å². The molecule has 296 valence electrons. The monoisotopic (exact) mass is 795 g/mol. The van der Waals surface area contributed by atoms with Crippen LogP contribution in [0.5, 0.6) is 0 Å². The van der Waals surface area contributed by atoms with Crippen LogP contribution in [0, 0.1) is 0 Å². The fourth-order valence-electron chi connectivity index (χ4n) is 10.8. The van der Waals surface area contributed by atoms with E-state index in [1.54, 1.807) is 0 Å². The first-order valence-electron chi connectivity index (χ1n) is 21.8. The van der Waals surface area contributed by atoms with Gasteiger partial charge < -0.3 is 9.32 Å². The van der Waals surface area contributed by atoms with E-state index < -0.39 is 0 Å². The van der Waals surface area contributed by atoms with Crippen molar-refractivity contribution in [1.82, 2.24) is 0 Å². The lowest BCUT2D eigenvalue weighted by Gasteiger charge is -2.29. The van der Waals surface area contributed by atoms with Crippen LogP contribution in [0.1, 0.15) is 49.9 Å². The second-order valence-corrected chi connectivity index (χ2v) is 18.1. The summed E-state index contributed by atoms with van der Waals surface area (Å²) in [5.41, 5.74) is 22.8. The van der Waals surface area contributed by atoms with Gasteiger partial charge in [0.15, 0.2) is 0 Å². The zero-order valence-electron chi connectivity index (χ0n) is 35.4. The zero-order valence-corrected chi connectivity index (χ0v) is 35.4. The largest absolute Gasteiger partial charge is 0.456 e. The molecule has 0 N–H and O–H groups in total. The van der Waals surface area contributed by atoms with E-state index in [9.17, 15) is 0 Å². The lowest BCUT2D eigenvalue weighted by atomic mass is 9.82. The SMILES string of the molecule is CC1(C)c2ccccc2-c2cc(-c3cccc(N(c4cccc(-c5ccc6c(c5)oc5ccccc56)c4)c4ccccc4-c4cccc5c4-c4ccccc4C5(C)C)c3)ccc21. The van der Waals surface area contributed by atoms with Crippen LogP contribution in [-0.2, 0) is 10.8 Å². The number of fused-ring (bicyclic) bond motifs is 9. The van der Waals surface area contributed by atoms with Crippen molar-refractivity contribution in [1.29, 1.82) is 0 Å². The molecule has 0 radical (unpaired) electrons. The van der Waals surface area contributed by atoms with Gasteiger partial charge in [-0.15, -0.1) is 0 Å². The van der Waals surface area contributed by atoms with Crippen LogP contribution in [0.15, 0.2) is 205 Å². The maximum atomic E-state index is 6.38. The average Bonchev–Trinajstić information content (AvgIpc) is 3.89. The summed E-state index contributed by atoms with van der Waals surface area (Å²) in [7, 11) is 0. The van der Waals surface area contributed by atoms with Crippen molar-refractivity contribution >= 4 is 39.0 Å². The average molecular weight is 796 g/mol. The third-order valence-electron chi connectivity index (χ3n) is 13.9. The second kappa shape index (κ2) is 13.5. The molecule has 1 aromatic heterocycles. The van der Waals surface area contributed by atoms with E-state index in [1.165, 1.54) is 66.8 Å². The highest BCUT2D eigenvalue weighted by Gasteiger charge is 2.38. The fraction of sp³-hybridized carbons (Fsp3) is 0.100. The lowest BCUT2D eigenvalue weighted by molar-refractivity contribution is 0.660. The smallest absolute Gasteiger partial charge is 0.136 e. The van der Waals surface area contributed by atoms with Crippen molar-refractivity contribution in [2.75, 3.05) is 4.90 Å². The molecule has 0 aliphatic heterocycles. The summed E-state index contributed by atoms with van der Waals surface area (Å²) in [5.74, 6) is 0. The van der Waals surface area contributed by atoms with Gasteiger partial charge in [-0.1, -0.05) is 173 Å². The van der Waals surface area contributed by atoms with E-state index in [1.807, 2.05) is 12.1 Å². The quantitative estimate of drug-likeness (QED) is 0.167. The predicted octanol–water partition coefficient (Wildman–Crippen LogP) is 16.7. The third kappa shape index (κ3) is 5.43. The molecule has 2 aliphatic rings. The standard InChI is InChI=1S/C60H45NO/c1-59(2)51-25-9-5-20-44(51)50-36-40(31-33-53(50)59)38-16-13-18-42(34-38)61(43-19-14-17-39(35-43)41-30-32-47-46-22-8-12-29-56(46)62-57(47)37-41)55-28-11-7-21-45(55)48-24-15-27-54-58(48)49-23-6-10-26-52(49)60(54,3)4/h5-37H,1-4H3. The number of para-hydroxylation sites is 2. The van der Waals surface area contributed by atoms with Gasteiger partial charge in [0, 0.05) is 38.5 Å². The van der Waals surface area contributed by atoms with E-state index in [0.29, 0.717) is 0 Å². The summed E-state index contributed by atoms with van der Waals surface area (Å²) < 4.78 is 6.38. The Kier molecular flexibility index (Phi) is 7.96. The Balaban J connectivity index is 1.05. The van der Waals surface area contributed by atoms with Gasteiger partial charge in [-0.2, -0.15) is 0 Å². The molecule has 0 amide bonds. The first kappa shape index (κ1) is 36.4. The van der Waals surface area contributed by atoms with Crippen LogP contribution in [0.2, 0.25) is 0 Å². The molecule has 10 aromatic rings. The first-order valence-corrected chi connectivity index (χ1v) is 21.8. The molecule has 62 heavy (non-hydrogen) atoms.